The van der Waals surface area contributed by atoms with Crippen molar-refractivity contribution in [2.75, 3.05) is 0 Å². The Morgan fingerprint density at radius 1 is 0.717 bits per heavy atom. The molecule has 0 aliphatic rings. The Morgan fingerprint density at radius 2 is 1.42 bits per heavy atom. The standard InChI is InChI=1S/C53H37N5O.Pt/c1-53(2,3)38-29-30-55-51(31-38)58-47-24-12-11-21-45(47)46-27-26-42(34-49(46)58)59-41-20-13-19-40(33-41)56-35-57(50-32-39(54-4)25-28-48(50)56)52-43(36-15-7-5-8-16-36)22-14-23-44(52)37-17-9-6-10-18-37;/h5-32H,1-3H3;/q-2;/i5D,6D,7D,8D,9D,10D,15D,16D,17D,18D;. The summed E-state index contributed by atoms with van der Waals surface area (Å²) in [5, 5.41) is 1.99. The van der Waals surface area contributed by atoms with Crippen molar-refractivity contribution in [1.29, 1.82) is 0 Å². The van der Waals surface area contributed by atoms with E-state index in [-0.39, 0.29) is 60.1 Å². The smallest absolute Gasteiger partial charge is 0.268 e. The normalized spacial score (nSPS) is 13.8. The first-order valence-corrected chi connectivity index (χ1v) is 18.8. The molecule has 0 spiro atoms. The number of hydrogen-bond donors (Lipinski definition) is 0. The molecule has 3 aromatic heterocycles. The molecule has 3 heterocycles. The van der Waals surface area contributed by atoms with Crippen molar-refractivity contribution >= 4 is 38.5 Å². The van der Waals surface area contributed by atoms with Crippen molar-refractivity contribution in [3.63, 3.8) is 0 Å². The molecule has 7 aromatic carbocycles. The zero-order chi connectivity index (χ0) is 48.8. The van der Waals surface area contributed by atoms with Gasteiger partial charge in [-0.1, -0.05) is 135 Å². The second-order valence-electron chi connectivity index (χ2n) is 14.8. The van der Waals surface area contributed by atoms with Gasteiger partial charge in [-0.05, 0) is 68.6 Å². The Balaban J connectivity index is 0.00000608. The minimum Gasteiger partial charge on any atom is -0.510 e. The van der Waals surface area contributed by atoms with E-state index in [4.69, 9.17) is 30.0 Å². The number of aromatic nitrogens is 4. The Labute approximate surface area is 377 Å². The van der Waals surface area contributed by atoms with Crippen LogP contribution in [-0.4, -0.2) is 14.1 Å². The molecule has 0 bridgehead atoms. The summed E-state index contributed by atoms with van der Waals surface area (Å²) in [6, 6.07) is 32.1. The zero-order valence-corrected chi connectivity index (χ0v) is 34.6. The fourth-order valence-electron chi connectivity index (χ4n) is 7.39. The van der Waals surface area contributed by atoms with Gasteiger partial charge in [0.1, 0.15) is 5.82 Å². The van der Waals surface area contributed by atoms with Crippen molar-refractivity contribution in [2.45, 2.75) is 26.2 Å². The molecular weight excluding hydrogens is 918 g/mol. The molecule has 0 fully saturated rings. The molecule has 0 atom stereocenters. The van der Waals surface area contributed by atoms with E-state index in [1.54, 1.807) is 41.0 Å². The van der Waals surface area contributed by atoms with Gasteiger partial charge in [0, 0.05) is 44.3 Å². The molecule has 0 aliphatic heterocycles. The van der Waals surface area contributed by atoms with Gasteiger partial charge in [0.15, 0.2) is 5.69 Å². The zero-order valence-electron chi connectivity index (χ0n) is 42.4. The van der Waals surface area contributed by atoms with E-state index in [1.807, 2.05) is 42.6 Å². The second-order valence-corrected chi connectivity index (χ2v) is 14.8. The monoisotopic (exact) mass is 964 g/mol. The number of rotatable bonds is 7. The largest absolute Gasteiger partial charge is 0.510 e. The summed E-state index contributed by atoms with van der Waals surface area (Å²) in [5.41, 5.74) is 4.08. The molecule has 7 heteroatoms. The van der Waals surface area contributed by atoms with Gasteiger partial charge in [0.2, 0.25) is 0 Å². The number of imidazole rings is 1. The molecule has 0 aliphatic carbocycles. The van der Waals surface area contributed by atoms with Gasteiger partial charge in [-0.3, -0.25) is 4.57 Å². The van der Waals surface area contributed by atoms with E-state index in [0.717, 1.165) is 33.2 Å². The Hall–Kier alpha value is -7.06. The van der Waals surface area contributed by atoms with Gasteiger partial charge < -0.3 is 13.9 Å². The fourth-order valence-corrected chi connectivity index (χ4v) is 7.39. The first-order chi connectivity index (χ1) is 33.0. The molecular formula is C53H37N5OPt-2. The van der Waals surface area contributed by atoms with E-state index in [0.29, 0.717) is 28.2 Å². The van der Waals surface area contributed by atoms with Crippen molar-refractivity contribution < 1.29 is 44.1 Å². The summed E-state index contributed by atoms with van der Waals surface area (Å²) < 4.78 is 98.7. The van der Waals surface area contributed by atoms with Crippen LogP contribution in [-0.2, 0) is 26.5 Å². The van der Waals surface area contributed by atoms with Gasteiger partial charge in [-0.2, -0.15) is 18.2 Å². The number of hydrogen-bond acceptors (Lipinski definition) is 2. The quantitative estimate of drug-likeness (QED) is 0.118. The predicted octanol–water partition coefficient (Wildman–Crippen LogP) is 12.8. The molecule has 10 rings (SSSR count). The van der Waals surface area contributed by atoms with Crippen LogP contribution in [0.15, 0.2) is 170 Å². The summed E-state index contributed by atoms with van der Waals surface area (Å²) in [6.07, 6.45) is 5.16. The van der Waals surface area contributed by atoms with Gasteiger partial charge in [0.25, 0.3) is 6.33 Å². The Kier molecular flexibility index (Phi) is 7.38. The van der Waals surface area contributed by atoms with Crippen LogP contribution in [0.1, 0.15) is 40.0 Å². The number of ether oxygens (including phenoxy) is 1. The van der Waals surface area contributed by atoms with E-state index < -0.39 is 60.4 Å². The molecule has 10 aromatic rings. The number of para-hydroxylation sites is 2. The average Bonchev–Trinajstić information content (AvgIpc) is 3.89. The van der Waals surface area contributed by atoms with E-state index in [2.05, 4.69) is 60.8 Å². The minimum atomic E-state index is -0.602. The molecule has 0 radical (unpaired) electrons. The summed E-state index contributed by atoms with van der Waals surface area (Å²) in [4.78, 5) is 8.46. The van der Waals surface area contributed by atoms with E-state index >= 15 is 0 Å². The molecule has 292 valence electrons. The van der Waals surface area contributed by atoms with Crippen molar-refractivity contribution in [3.05, 3.63) is 205 Å². The SMILES string of the molecule is [2H]c1c([2H])c([2H])c(-c2cccc(-c3c([2H])c([2H])c([2H])c([2H])c3[2H])c2-[n+]2[c-]n(-c3[c-]c(Oc4[c-]c5c(cc4)c4ccccc4n5-c4cc(C(C)(C)C)ccn4)ccc3)c3ccc([N+]#[C-])cc32)c([2H])c1[2H].[Pt]. The summed E-state index contributed by atoms with van der Waals surface area (Å²) in [6.45, 7) is 14.4. The first-order valence-electron chi connectivity index (χ1n) is 23.8. The fraction of sp³-hybridized carbons (Fsp3) is 0.0755. The van der Waals surface area contributed by atoms with Gasteiger partial charge in [-0.25, -0.2) is 9.83 Å². The molecule has 0 N–H and O–H groups in total. The maximum Gasteiger partial charge on any atom is 0.268 e. The van der Waals surface area contributed by atoms with Crippen LogP contribution in [0.2, 0.25) is 0 Å². The molecule has 0 amide bonds. The van der Waals surface area contributed by atoms with Crippen molar-refractivity contribution in [3.8, 4) is 50.9 Å². The third-order valence-corrected chi connectivity index (χ3v) is 10.2. The molecule has 0 saturated heterocycles. The van der Waals surface area contributed by atoms with Gasteiger partial charge in [0.05, 0.1) is 37.0 Å². The van der Waals surface area contributed by atoms with E-state index in [1.165, 1.54) is 22.8 Å². The van der Waals surface area contributed by atoms with Crippen LogP contribution in [0.25, 0.3) is 77.1 Å². The average molecular weight is 965 g/mol. The summed E-state index contributed by atoms with van der Waals surface area (Å²) in [7, 11) is 0. The predicted molar refractivity (Wildman–Crippen MR) is 236 cm³/mol. The van der Waals surface area contributed by atoms with Crippen molar-refractivity contribution in [2.24, 2.45) is 0 Å². The summed E-state index contributed by atoms with van der Waals surface area (Å²) in [5.74, 6) is 1.46. The number of nitrogens with zero attached hydrogens (tertiary/aromatic N) is 5. The number of pyridine rings is 1. The maximum atomic E-state index is 9.01. The van der Waals surface area contributed by atoms with Crippen LogP contribution < -0.4 is 9.30 Å². The Bertz CT molecular complexity index is 3710. The topological polar surface area (TPSA) is 40.2 Å². The molecule has 6 nitrogen and oxygen atoms in total. The van der Waals surface area contributed by atoms with Crippen LogP contribution in [0.5, 0.6) is 11.5 Å². The Morgan fingerprint density at radius 3 is 2.13 bits per heavy atom. The number of fused-ring (bicyclic) bond motifs is 4. The first kappa shape index (κ1) is 28.4. The van der Waals surface area contributed by atoms with Gasteiger partial charge >= 0.3 is 0 Å². The van der Waals surface area contributed by atoms with E-state index in [9.17, 15) is 0 Å². The van der Waals surface area contributed by atoms with Crippen LogP contribution in [0.3, 0.4) is 0 Å². The van der Waals surface area contributed by atoms with Crippen LogP contribution >= 0.6 is 0 Å². The van der Waals surface area contributed by atoms with Gasteiger partial charge in [-0.15, -0.1) is 29.7 Å². The molecule has 0 unspecified atom stereocenters. The number of benzene rings is 7. The maximum absolute atomic E-state index is 9.01. The third kappa shape index (κ3) is 6.87. The van der Waals surface area contributed by atoms with Crippen LogP contribution in [0.4, 0.5) is 5.69 Å². The molecule has 0 saturated carbocycles. The second kappa shape index (κ2) is 15.6. The minimum absolute atomic E-state index is 0. The van der Waals surface area contributed by atoms with Crippen molar-refractivity contribution in [1.82, 2.24) is 14.1 Å². The summed E-state index contributed by atoms with van der Waals surface area (Å²) >= 11 is 0. The third-order valence-electron chi connectivity index (χ3n) is 10.2. The van der Waals surface area contributed by atoms with Crippen LogP contribution in [0, 0.1) is 25.0 Å². The molecule has 60 heavy (non-hydrogen) atoms.